The van der Waals surface area contributed by atoms with E-state index in [-0.39, 0.29) is 17.2 Å². The molecule has 0 aliphatic heterocycles. The summed E-state index contributed by atoms with van der Waals surface area (Å²) in [6.07, 6.45) is 1.45. The molecule has 0 radical (unpaired) electrons. The van der Waals surface area contributed by atoms with Crippen LogP contribution in [0, 0.1) is 24.1 Å². The predicted octanol–water partition coefficient (Wildman–Crippen LogP) is 2.78. The van der Waals surface area contributed by atoms with Crippen molar-refractivity contribution in [2.45, 2.75) is 6.92 Å². The summed E-state index contributed by atoms with van der Waals surface area (Å²) in [6, 6.07) is 7.44. The summed E-state index contributed by atoms with van der Waals surface area (Å²) in [5.74, 6) is -0.332. The summed E-state index contributed by atoms with van der Waals surface area (Å²) >= 11 is 0. The van der Waals surface area contributed by atoms with Gasteiger partial charge in [0.2, 0.25) is 5.88 Å². The molecule has 0 saturated carbocycles. The molecular weight excluding hydrogens is 233 g/mol. The largest absolute Gasteiger partial charge is 0.436 e. The Morgan fingerprint density at radius 3 is 2.78 bits per heavy atom. The van der Waals surface area contributed by atoms with Crippen molar-refractivity contribution in [2.24, 2.45) is 0 Å². The molecule has 1 aromatic heterocycles. The summed E-state index contributed by atoms with van der Waals surface area (Å²) in [7, 11) is 0. The third kappa shape index (κ3) is 2.38. The molecule has 0 aliphatic rings. The van der Waals surface area contributed by atoms with Gasteiger partial charge in [0, 0.05) is 6.07 Å². The fourth-order valence-electron chi connectivity index (χ4n) is 1.36. The Morgan fingerprint density at radius 2 is 2.17 bits per heavy atom. The second-order valence-corrected chi connectivity index (χ2v) is 3.74. The minimum absolute atomic E-state index is 0.0191. The molecule has 1 heterocycles. The van der Waals surface area contributed by atoms with Crippen LogP contribution in [0.4, 0.5) is 10.1 Å². The maximum absolute atomic E-state index is 13.6. The number of nitrogens with two attached hydrogens (primary N) is 1. The van der Waals surface area contributed by atoms with E-state index in [1.807, 2.05) is 6.07 Å². The third-order valence-corrected chi connectivity index (χ3v) is 2.40. The van der Waals surface area contributed by atoms with E-state index in [1.165, 1.54) is 18.3 Å². The van der Waals surface area contributed by atoms with Crippen molar-refractivity contribution >= 4 is 5.69 Å². The SMILES string of the molecule is Cc1cc(Oc2ccc(C#N)cc2F)ncc1N. The number of ether oxygens (including phenoxy) is 1. The van der Waals surface area contributed by atoms with E-state index < -0.39 is 5.82 Å². The topological polar surface area (TPSA) is 71.9 Å². The van der Waals surface area contributed by atoms with Gasteiger partial charge in [-0.2, -0.15) is 5.26 Å². The molecule has 0 bridgehead atoms. The minimum atomic E-state index is -0.606. The Bertz CT molecular complexity index is 635. The van der Waals surface area contributed by atoms with Crippen LogP contribution in [-0.4, -0.2) is 4.98 Å². The van der Waals surface area contributed by atoms with Gasteiger partial charge in [-0.3, -0.25) is 0 Å². The molecule has 4 nitrogen and oxygen atoms in total. The number of anilines is 1. The van der Waals surface area contributed by atoms with Gasteiger partial charge in [-0.05, 0) is 30.7 Å². The zero-order valence-electron chi connectivity index (χ0n) is 9.64. The molecule has 0 unspecified atom stereocenters. The van der Waals surface area contributed by atoms with Gasteiger partial charge in [-0.1, -0.05) is 0 Å². The van der Waals surface area contributed by atoms with Gasteiger partial charge in [0.25, 0.3) is 0 Å². The smallest absolute Gasteiger partial charge is 0.219 e. The average Bonchev–Trinajstić information content (AvgIpc) is 2.36. The number of pyridine rings is 1. The quantitative estimate of drug-likeness (QED) is 0.880. The van der Waals surface area contributed by atoms with Crippen LogP contribution in [0.3, 0.4) is 0 Å². The number of aromatic nitrogens is 1. The first-order valence-electron chi connectivity index (χ1n) is 5.20. The second-order valence-electron chi connectivity index (χ2n) is 3.74. The van der Waals surface area contributed by atoms with Crippen molar-refractivity contribution in [3.63, 3.8) is 0 Å². The molecule has 0 aliphatic carbocycles. The van der Waals surface area contributed by atoms with E-state index in [1.54, 1.807) is 13.0 Å². The zero-order chi connectivity index (χ0) is 13.1. The third-order valence-electron chi connectivity index (χ3n) is 2.40. The average molecular weight is 243 g/mol. The van der Waals surface area contributed by atoms with Crippen molar-refractivity contribution in [3.05, 3.63) is 47.4 Å². The van der Waals surface area contributed by atoms with Crippen molar-refractivity contribution < 1.29 is 9.13 Å². The summed E-state index contributed by atoms with van der Waals surface area (Å²) in [4.78, 5) is 3.94. The van der Waals surface area contributed by atoms with Gasteiger partial charge >= 0.3 is 0 Å². The van der Waals surface area contributed by atoms with Crippen LogP contribution in [0.1, 0.15) is 11.1 Å². The van der Waals surface area contributed by atoms with E-state index in [0.29, 0.717) is 5.69 Å². The van der Waals surface area contributed by atoms with Crippen molar-refractivity contribution in [2.75, 3.05) is 5.73 Å². The number of benzene rings is 1. The molecule has 0 atom stereocenters. The fraction of sp³-hybridized carbons (Fsp3) is 0.0769. The fourth-order valence-corrected chi connectivity index (χ4v) is 1.36. The molecule has 0 saturated heterocycles. The molecule has 2 rings (SSSR count). The molecule has 0 fully saturated rings. The summed E-state index contributed by atoms with van der Waals surface area (Å²) in [5.41, 5.74) is 7.20. The van der Waals surface area contributed by atoms with E-state index in [0.717, 1.165) is 11.6 Å². The number of rotatable bonds is 2. The molecule has 2 N–H and O–H groups in total. The number of hydrogen-bond acceptors (Lipinski definition) is 4. The Kier molecular flexibility index (Phi) is 3.11. The number of hydrogen-bond donors (Lipinski definition) is 1. The van der Waals surface area contributed by atoms with Gasteiger partial charge in [0.05, 0.1) is 23.5 Å². The lowest BCUT2D eigenvalue weighted by molar-refractivity contribution is 0.427. The number of nitrogen functional groups attached to an aromatic ring is 1. The highest BCUT2D eigenvalue weighted by molar-refractivity contribution is 5.46. The molecule has 18 heavy (non-hydrogen) atoms. The van der Waals surface area contributed by atoms with Gasteiger partial charge < -0.3 is 10.5 Å². The lowest BCUT2D eigenvalue weighted by atomic mass is 10.2. The first-order valence-corrected chi connectivity index (χ1v) is 5.20. The molecule has 5 heteroatoms. The van der Waals surface area contributed by atoms with Crippen LogP contribution >= 0.6 is 0 Å². The van der Waals surface area contributed by atoms with Crippen LogP contribution < -0.4 is 10.5 Å². The van der Waals surface area contributed by atoms with Crippen molar-refractivity contribution in [3.8, 4) is 17.7 Å². The molecule has 90 valence electrons. The van der Waals surface area contributed by atoms with Gasteiger partial charge in [0.15, 0.2) is 11.6 Å². The Labute approximate surface area is 103 Å². The Hall–Kier alpha value is -2.61. The van der Waals surface area contributed by atoms with Crippen molar-refractivity contribution in [1.82, 2.24) is 4.98 Å². The second kappa shape index (κ2) is 4.72. The maximum atomic E-state index is 13.6. The van der Waals surface area contributed by atoms with E-state index in [2.05, 4.69) is 4.98 Å². The van der Waals surface area contributed by atoms with Crippen LogP contribution in [0.5, 0.6) is 11.6 Å². The summed E-state index contributed by atoms with van der Waals surface area (Å²) < 4.78 is 18.9. The summed E-state index contributed by atoms with van der Waals surface area (Å²) in [5, 5.41) is 8.63. The predicted molar refractivity (Wildman–Crippen MR) is 64.6 cm³/mol. The monoisotopic (exact) mass is 243 g/mol. The van der Waals surface area contributed by atoms with Crippen LogP contribution in [-0.2, 0) is 0 Å². The van der Waals surface area contributed by atoms with E-state index >= 15 is 0 Å². The highest BCUT2D eigenvalue weighted by atomic mass is 19.1. The lowest BCUT2D eigenvalue weighted by Gasteiger charge is -2.07. The first kappa shape index (κ1) is 11.9. The van der Waals surface area contributed by atoms with Crippen molar-refractivity contribution in [1.29, 1.82) is 5.26 Å². The number of halogens is 1. The zero-order valence-corrected chi connectivity index (χ0v) is 9.64. The molecule has 1 aromatic carbocycles. The highest BCUT2D eigenvalue weighted by Gasteiger charge is 2.07. The van der Waals surface area contributed by atoms with Gasteiger partial charge in [-0.25, -0.2) is 9.37 Å². The first-order chi connectivity index (χ1) is 8.60. The van der Waals surface area contributed by atoms with Crippen LogP contribution in [0.2, 0.25) is 0 Å². The van der Waals surface area contributed by atoms with Crippen LogP contribution in [0.25, 0.3) is 0 Å². The highest BCUT2D eigenvalue weighted by Crippen LogP contribution is 2.25. The van der Waals surface area contributed by atoms with E-state index in [9.17, 15) is 4.39 Å². The molecular formula is C13H10FN3O. The maximum Gasteiger partial charge on any atom is 0.219 e. The van der Waals surface area contributed by atoms with E-state index in [4.69, 9.17) is 15.7 Å². The Balaban J connectivity index is 2.29. The number of nitriles is 1. The van der Waals surface area contributed by atoms with Gasteiger partial charge in [-0.15, -0.1) is 0 Å². The normalized spacial score (nSPS) is 9.83. The Morgan fingerprint density at radius 1 is 1.39 bits per heavy atom. The minimum Gasteiger partial charge on any atom is -0.436 e. The molecule has 0 spiro atoms. The van der Waals surface area contributed by atoms with Gasteiger partial charge in [0.1, 0.15) is 0 Å². The molecule has 2 aromatic rings. The number of aryl methyl sites for hydroxylation is 1. The summed E-state index contributed by atoms with van der Waals surface area (Å²) in [6.45, 7) is 1.80. The molecule has 0 amide bonds. The standard InChI is InChI=1S/C13H10FN3O/c1-8-4-13(17-7-11(8)16)18-12-3-2-9(6-15)5-10(12)14/h2-5,7H,16H2,1H3. The lowest BCUT2D eigenvalue weighted by Crippen LogP contribution is -1.95. The number of nitrogens with zero attached hydrogens (tertiary/aromatic N) is 2. The van der Waals surface area contributed by atoms with Crippen LogP contribution in [0.15, 0.2) is 30.5 Å².